The lowest BCUT2D eigenvalue weighted by atomic mass is 9.60. The maximum atomic E-state index is 12.5. The Kier molecular flexibility index (Phi) is 4.06. The van der Waals surface area contributed by atoms with Crippen LogP contribution in [-0.2, 0) is 26.9 Å². The number of hydrogen-bond donors (Lipinski definition) is 2. The molecule has 1 aromatic carbocycles. The Bertz CT molecular complexity index is 693. The molecule has 1 atom stereocenters. The van der Waals surface area contributed by atoms with Gasteiger partial charge in [0.2, 0.25) is 5.91 Å². The average Bonchev–Trinajstić information content (AvgIpc) is 2.93. The molecule has 2 heterocycles. The fourth-order valence-electron chi connectivity index (χ4n) is 3.77. The van der Waals surface area contributed by atoms with Gasteiger partial charge < -0.3 is 15.2 Å². The van der Waals surface area contributed by atoms with E-state index in [1.54, 1.807) is 6.92 Å². The first-order valence-corrected chi connectivity index (χ1v) is 7.90. The maximum Gasteiger partial charge on any atom is 0.416 e. The largest absolute Gasteiger partial charge is 0.481 e. The first-order chi connectivity index (χ1) is 11.6. The van der Waals surface area contributed by atoms with Crippen molar-refractivity contribution in [2.45, 2.75) is 44.1 Å². The second-order valence-corrected chi connectivity index (χ2v) is 6.91. The first kappa shape index (κ1) is 17.7. The van der Waals surface area contributed by atoms with Crippen molar-refractivity contribution < 1.29 is 32.6 Å². The first-order valence-electron chi connectivity index (χ1n) is 7.90. The second kappa shape index (κ2) is 5.72. The highest BCUT2D eigenvalue weighted by Crippen LogP contribution is 2.61. The predicted octanol–water partition coefficient (Wildman–Crippen LogP) is 2.39. The third-order valence-corrected chi connectivity index (χ3v) is 5.16. The van der Waals surface area contributed by atoms with Crippen molar-refractivity contribution in [1.29, 1.82) is 0 Å². The van der Waals surface area contributed by atoms with Crippen LogP contribution >= 0.6 is 0 Å². The van der Waals surface area contributed by atoms with E-state index in [0.29, 0.717) is 18.4 Å². The van der Waals surface area contributed by atoms with E-state index in [1.807, 2.05) is 0 Å². The molecule has 1 saturated carbocycles. The molecule has 2 saturated heterocycles. The Balaban J connectivity index is 1.52. The minimum Gasteiger partial charge on any atom is -0.481 e. The van der Waals surface area contributed by atoms with Crippen LogP contribution in [0.15, 0.2) is 24.3 Å². The van der Waals surface area contributed by atoms with E-state index in [4.69, 9.17) is 4.74 Å². The van der Waals surface area contributed by atoms with E-state index in [0.717, 1.165) is 12.1 Å². The number of ether oxygens (including phenoxy) is 1. The van der Waals surface area contributed by atoms with Gasteiger partial charge in [-0.05, 0) is 37.5 Å². The number of benzene rings is 1. The van der Waals surface area contributed by atoms with Crippen LogP contribution < -0.4 is 5.32 Å². The van der Waals surface area contributed by atoms with Crippen molar-refractivity contribution in [3.63, 3.8) is 0 Å². The summed E-state index contributed by atoms with van der Waals surface area (Å²) in [6, 6.07) is 4.42. The number of halogens is 3. The van der Waals surface area contributed by atoms with E-state index in [1.165, 1.54) is 12.1 Å². The van der Waals surface area contributed by atoms with Gasteiger partial charge in [0.15, 0.2) is 0 Å². The lowest BCUT2D eigenvalue weighted by molar-refractivity contribution is -0.154. The van der Waals surface area contributed by atoms with Gasteiger partial charge >= 0.3 is 12.1 Å². The number of nitrogens with one attached hydrogen (secondary N) is 1. The molecule has 1 aromatic rings. The smallest absolute Gasteiger partial charge is 0.416 e. The molecule has 25 heavy (non-hydrogen) atoms. The van der Waals surface area contributed by atoms with E-state index >= 15 is 0 Å². The molecule has 0 aromatic heterocycles. The average molecular weight is 357 g/mol. The van der Waals surface area contributed by atoms with Crippen LogP contribution in [-0.4, -0.2) is 35.2 Å². The Labute approximate surface area is 142 Å². The highest BCUT2D eigenvalue weighted by Gasteiger charge is 2.70. The molecule has 4 rings (SSSR count). The molecule has 3 fully saturated rings. The molecule has 2 bridgehead atoms. The summed E-state index contributed by atoms with van der Waals surface area (Å²) in [5.41, 5.74) is -1.80. The molecule has 1 unspecified atom stereocenters. The highest BCUT2D eigenvalue weighted by molar-refractivity contribution is 5.80. The topological polar surface area (TPSA) is 75.6 Å². The molecule has 3 aliphatic rings. The molecule has 2 N–H and O–H groups in total. The highest BCUT2D eigenvalue weighted by atomic mass is 19.4. The zero-order chi connectivity index (χ0) is 18.5. The van der Waals surface area contributed by atoms with Crippen molar-refractivity contribution in [3.8, 4) is 0 Å². The summed E-state index contributed by atoms with van der Waals surface area (Å²) in [4.78, 5) is 23.3. The molecule has 1 aliphatic carbocycles. The number of carbonyl (C=O) groups is 2. The van der Waals surface area contributed by atoms with Crippen LogP contribution in [0.2, 0.25) is 0 Å². The van der Waals surface area contributed by atoms with Gasteiger partial charge in [-0.2, -0.15) is 13.2 Å². The lowest BCUT2D eigenvalue weighted by Gasteiger charge is -2.42. The monoisotopic (exact) mass is 357 g/mol. The normalized spacial score (nSPS) is 30.6. The number of carboxylic acids is 1. The Morgan fingerprint density at radius 3 is 2.36 bits per heavy atom. The van der Waals surface area contributed by atoms with E-state index in [-0.39, 0.29) is 18.9 Å². The molecular weight excluding hydrogens is 339 g/mol. The Hall–Kier alpha value is -2.09. The maximum absolute atomic E-state index is 12.5. The third-order valence-electron chi connectivity index (χ3n) is 5.16. The van der Waals surface area contributed by atoms with E-state index in [2.05, 4.69) is 5.32 Å². The van der Waals surface area contributed by atoms with Gasteiger partial charge in [-0.15, -0.1) is 0 Å². The molecule has 2 aliphatic heterocycles. The fourth-order valence-corrected chi connectivity index (χ4v) is 3.77. The minimum absolute atomic E-state index is 0.0478. The summed E-state index contributed by atoms with van der Waals surface area (Å²) in [7, 11) is 0. The molecular formula is C17H18F3NO4. The van der Waals surface area contributed by atoms with E-state index in [9.17, 15) is 27.9 Å². The number of hydrogen-bond acceptors (Lipinski definition) is 3. The number of fused-ring (bicyclic) bond motifs is 1. The second-order valence-electron chi connectivity index (χ2n) is 6.91. The number of carbonyl (C=O) groups excluding carboxylic acids is 1. The zero-order valence-corrected chi connectivity index (χ0v) is 13.5. The van der Waals surface area contributed by atoms with Crippen LogP contribution in [0.3, 0.4) is 0 Å². The van der Waals surface area contributed by atoms with Crippen LogP contribution in [0, 0.1) is 5.41 Å². The number of amides is 1. The lowest BCUT2D eigenvalue weighted by Crippen LogP contribution is -2.55. The molecule has 0 spiro atoms. The number of aliphatic carboxylic acids is 1. The Morgan fingerprint density at radius 1 is 1.28 bits per heavy atom. The van der Waals surface area contributed by atoms with Crippen molar-refractivity contribution in [2.24, 2.45) is 5.41 Å². The summed E-state index contributed by atoms with van der Waals surface area (Å²) in [5, 5.41) is 12.0. The summed E-state index contributed by atoms with van der Waals surface area (Å²) in [6.07, 6.45) is -4.14. The molecule has 1 amide bonds. The number of alkyl halides is 3. The fraction of sp³-hybridized carbons (Fsp3) is 0.529. The predicted molar refractivity (Wildman–Crippen MR) is 80.7 cm³/mol. The van der Waals surface area contributed by atoms with Gasteiger partial charge in [0.1, 0.15) is 0 Å². The summed E-state index contributed by atoms with van der Waals surface area (Å²) >= 11 is 0. The summed E-state index contributed by atoms with van der Waals surface area (Å²) in [6.45, 7) is 1.92. The summed E-state index contributed by atoms with van der Waals surface area (Å²) < 4.78 is 43.2. The Morgan fingerprint density at radius 2 is 1.88 bits per heavy atom. The van der Waals surface area contributed by atoms with Crippen LogP contribution in [0.1, 0.15) is 30.9 Å². The van der Waals surface area contributed by atoms with Gasteiger partial charge in [0, 0.05) is 6.54 Å². The van der Waals surface area contributed by atoms with Crippen molar-refractivity contribution >= 4 is 11.9 Å². The van der Waals surface area contributed by atoms with Gasteiger partial charge in [-0.3, -0.25) is 9.59 Å². The van der Waals surface area contributed by atoms with Crippen LogP contribution in [0.25, 0.3) is 0 Å². The third kappa shape index (κ3) is 3.10. The van der Waals surface area contributed by atoms with Crippen molar-refractivity contribution in [3.05, 3.63) is 35.4 Å². The van der Waals surface area contributed by atoms with Gasteiger partial charge in [0.05, 0.1) is 29.1 Å². The summed E-state index contributed by atoms with van der Waals surface area (Å²) in [5.74, 6) is -1.23. The van der Waals surface area contributed by atoms with Gasteiger partial charge in [0.25, 0.3) is 0 Å². The number of rotatable bonds is 5. The van der Waals surface area contributed by atoms with E-state index < -0.39 is 34.8 Å². The van der Waals surface area contributed by atoms with Crippen LogP contribution in [0.4, 0.5) is 13.2 Å². The van der Waals surface area contributed by atoms with Crippen molar-refractivity contribution in [2.75, 3.05) is 6.54 Å². The van der Waals surface area contributed by atoms with Crippen molar-refractivity contribution in [1.82, 2.24) is 5.32 Å². The molecule has 8 heteroatoms. The molecule has 136 valence electrons. The number of carboxylic acid groups (broad SMARTS) is 1. The molecule has 5 nitrogen and oxygen atoms in total. The van der Waals surface area contributed by atoms with Crippen LogP contribution in [0.5, 0.6) is 0 Å². The molecule has 0 radical (unpaired) electrons. The standard InChI is InChI=1S/C17H18F3NO4/c1-10-16(14(23)24)7-15(8-16,25-10)9-21-13(22)6-11-2-4-12(5-3-11)17(18,19)20/h2-5,10H,6-9H2,1H3,(H,21,22)(H,23,24). The zero-order valence-electron chi connectivity index (χ0n) is 13.5. The van der Waals surface area contributed by atoms with Gasteiger partial charge in [-0.1, -0.05) is 12.1 Å². The quantitative estimate of drug-likeness (QED) is 0.848. The SMILES string of the molecule is CC1OC2(CNC(=O)Cc3ccc(C(F)(F)F)cc3)CC1(C(=O)O)C2. The van der Waals surface area contributed by atoms with Gasteiger partial charge in [-0.25, -0.2) is 0 Å². The minimum atomic E-state index is -4.41.